The van der Waals surface area contributed by atoms with Crippen molar-refractivity contribution in [1.82, 2.24) is 10.1 Å². The van der Waals surface area contributed by atoms with Crippen molar-refractivity contribution in [3.8, 4) is 0 Å². The van der Waals surface area contributed by atoms with Gasteiger partial charge in [-0.3, -0.25) is 0 Å². The lowest BCUT2D eigenvalue weighted by atomic mass is 10.1. The monoisotopic (exact) mass is 244 g/mol. The third kappa shape index (κ3) is 2.47. The average molecular weight is 244 g/mol. The fourth-order valence-electron chi connectivity index (χ4n) is 1.65. The number of piperidine rings is 1. The lowest BCUT2D eigenvalue weighted by molar-refractivity contribution is 0.145. The van der Waals surface area contributed by atoms with Gasteiger partial charge in [-0.05, 0) is 18.0 Å². The molecular weight excluding hydrogens is 228 g/mol. The van der Waals surface area contributed by atoms with Crippen molar-refractivity contribution in [2.45, 2.75) is 25.0 Å². The van der Waals surface area contributed by atoms with Gasteiger partial charge in [-0.2, -0.15) is 17.6 Å². The molecule has 0 spiro atoms. The van der Waals surface area contributed by atoms with Gasteiger partial charge in [0.1, 0.15) is 0 Å². The van der Waals surface area contributed by atoms with Gasteiger partial charge in [-0.1, -0.05) is 0 Å². The van der Waals surface area contributed by atoms with E-state index in [2.05, 4.69) is 22.8 Å². The number of hydrogen-bond donors (Lipinski definition) is 3. The fourth-order valence-corrected chi connectivity index (χ4v) is 1.81. The highest BCUT2D eigenvalue weighted by atomic mass is 32.1. The first-order chi connectivity index (χ1) is 7.70. The Labute approximate surface area is 99.2 Å². The number of nitrogens with two attached hydrogens (primary N) is 1. The molecule has 1 atom stereocenters. The summed E-state index contributed by atoms with van der Waals surface area (Å²) in [4.78, 5) is 6.21. The van der Waals surface area contributed by atoms with Crippen LogP contribution in [0.5, 0.6) is 0 Å². The van der Waals surface area contributed by atoms with E-state index in [0.29, 0.717) is 17.6 Å². The van der Waals surface area contributed by atoms with Crippen LogP contribution in [0.25, 0.3) is 0 Å². The molecule has 1 aliphatic rings. The van der Waals surface area contributed by atoms with E-state index < -0.39 is 0 Å². The minimum atomic E-state index is -0.319. The van der Waals surface area contributed by atoms with Crippen molar-refractivity contribution < 1.29 is 9.63 Å². The maximum Gasteiger partial charge on any atom is 0.266 e. The molecule has 0 radical (unpaired) electrons. The Balaban J connectivity index is 2.01. The highest BCUT2D eigenvalue weighted by Gasteiger charge is 2.22. The predicted molar refractivity (Wildman–Crippen MR) is 62.5 cm³/mol. The van der Waals surface area contributed by atoms with Crippen LogP contribution in [0.15, 0.2) is 4.52 Å². The van der Waals surface area contributed by atoms with Crippen LogP contribution in [-0.2, 0) is 0 Å². The standard InChI is InChI=1S/C9H16N4O2S/c10-7(5-16)8-11-9(12-15-8)13-3-1-6(14)2-4-13/h6-7,14,16H,1-5,10H2/t7-/m0/s1. The Kier molecular flexibility index (Phi) is 3.67. The first-order valence-electron chi connectivity index (χ1n) is 5.33. The smallest absolute Gasteiger partial charge is 0.266 e. The number of anilines is 1. The van der Waals surface area contributed by atoms with E-state index in [9.17, 15) is 5.11 Å². The molecule has 1 aromatic rings. The van der Waals surface area contributed by atoms with E-state index in [0.717, 1.165) is 25.9 Å². The van der Waals surface area contributed by atoms with Gasteiger partial charge >= 0.3 is 0 Å². The summed E-state index contributed by atoms with van der Waals surface area (Å²) in [6.45, 7) is 1.49. The summed E-state index contributed by atoms with van der Waals surface area (Å²) in [5.74, 6) is 1.44. The molecule has 1 aromatic heterocycles. The van der Waals surface area contributed by atoms with E-state index in [1.807, 2.05) is 4.90 Å². The van der Waals surface area contributed by atoms with Crippen LogP contribution >= 0.6 is 12.6 Å². The van der Waals surface area contributed by atoms with Crippen LogP contribution in [0.1, 0.15) is 24.8 Å². The molecule has 0 amide bonds. The number of nitrogens with zero attached hydrogens (tertiary/aromatic N) is 3. The summed E-state index contributed by atoms with van der Waals surface area (Å²) in [7, 11) is 0. The van der Waals surface area contributed by atoms with Crippen LogP contribution in [0.3, 0.4) is 0 Å². The average Bonchev–Trinajstić information content (AvgIpc) is 2.78. The molecule has 1 fully saturated rings. The Morgan fingerprint density at radius 2 is 2.25 bits per heavy atom. The second kappa shape index (κ2) is 5.03. The number of rotatable bonds is 3. The largest absolute Gasteiger partial charge is 0.393 e. The number of thiol groups is 1. The molecular formula is C9H16N4O2S. The van der Waals surface area contributed by atoms with Crippen molar-refractivity contribution in [2.75, 3.05) is 23.7 Å². The number of aliphatic hydroxyl groups is 1. The minimum Gasteiger partial charge on any atom is -0.393 e. The summed E-state index contributed by atoms with van der Waals surface area (Å²) in [6, 6.07) is -0.319. The molecule has 0 bridgehead atoms. The Morgan fingerprint density at radius 1 is 1.56 bits per heavy atom. The number of aromatic nitrogens is 2. The van der Waals surface area contributed by atoms with Crippen LogP contribution in [0, 0.1) is 0 Å². The summed E-state index contributed by atoms with van der Waals surface area (Å²) in [5, 5.41) is 13.3. The van der Waals surface area contributed by atoms with Crippen LogP contribution < -0.4 is 10.6 Å². The topological polar surface area (TPSA) is 88.4 Å². The van der Waals surface area contributed by atoms with E-state index >= 15 is 0 Å². The van der Waals surface area contributed by atoms with Gasteiger partial charge in [-0.15, -0.1) is 0 Å². The van der Waals surface area contributed by atoms with Gasteiger partial charge in [0.15, 0.2) is 0 Å². The molecule has 0 aliphatic carbocycles. The van der Waals surface area contributed by atoms with Crippen molar-refractivity contribution in [2.24, 2.45) is 5.73 Å². The van der Waals surface area contributed by atoms with Crippen molar-refractivity contribution >= 4 is 18.6 Å². The Morgan fingerprint density at radius 3 is 2.88 bits per heavy atom. The third-order valence-electron chi connectivity index (χ3n) is 2.69. The fraction of sp³-hybridized carbons (Fsp3) is 0.778. The van der Waals surface area contributed by atoms with Gasteiger partial charge < -0.3 is 20.3 Å². The molecule has 2 heterocycles. The quantitative estimate of drug-likeness (QED) is 0.647. The van der Waals surface area contributed by atoms with Crippen molar-refractivity contribution in [3.05, 3.63) is 5.89 Å². The Bertz CT molecular complexity index is 338. The predicted octanol–water partition coefficient (Wildman–Crippen LogP) is -0.0397. The molecule has 6 nitrogen and oxygen atoms in total. The second-order valence-corrected chi connectivity index (χ2v) is 4.31. The zero-order chi connectivity index (χ0) is 11.5. The van der Waals surface area contributed by atoms with Crippen molar-refractivity contribution in [1.29, 1.82) is 0 Å². The van der Waals surface area contributed by atoms with Crippen LogP contribution in [0.2, 0.25) is 0 Å². The molecule has 0 aromatic carbocycles. The van der Waals surface area contributed by atoms with E-state index in [4.69, 9.17) is 10.3 Å². The van der Waals surface area contributed by atoms with E-state index in [1.165, 1.54) is 0 Å². The number of hydrogen-bond acceptors (Lipinski definition) is 7. The molecule has 3 N–H and O–H groups in total. The molecule has 0 unspecified atom stereocenters. The SMILES string of the molecule is N[C@@H](CS)c1nc(N2CCC(O)CC2)no1. The molecule has 90 valence electrons. The third-order valence-corrected chi connectivity index (χ3v) is 3.09. The first kappa shape index (κ1) is 11.7. The normalized spacial score (nSPS) is 20.1. The minimum absolute atomic E-state index is 0.206. The summed E-state index contributed by atoms with van der Waals surface area (Å²) in [5.41, 5.74) is 5.73. The van der Waals surface area contributed by atoms with Gasteiger partial charge in [0.2, 0.25) is 5.89 Å². The highest BCUT2D eigenvalue weighted by molar-refractivity contribution is 7.80. The maximum atomic E-state index is 9.38. The van der Waals surface area contributed by atoms with E-state index in [1.54, 1.807) is 0 Å². The molecule has 7 heteroatoms. The van der Waals surface area contributed by atoms with Gasteiger partial charge in [0, 0.05) is 18.8 Å². The summed E-state index contributed by atoms with van der Waals surface area (Å²) < 4.78 is 5.06. The Hall–Kier alpha value is -0.790. The van der Waals surface area contributed by atoms with Crippen molar-refractivity contribution in [3.63, 3.8) is 0 Å². The van der Waals surface area contributed by atoms with Crippen LogP contribution in [0.4, 0.5) is 5.95 Å². The molecule has 0 saturated carbocycles. The second-order valence-electron chi connectivity index (χ2n) is 3.94. The first-order valence-corrected chi connectivity index (χ1v) is 5.97. The highest BCUT2D eigenvalue weighted by Crippen LogP contribution is 2.18. The van der Waals surface area contributed by atoms with E-state index in [-0.39, 0.29) is 12.1 Å². The molecule has 1 saturated heterocycles. The maximum absolute atomic E-state index is 9.38. The van der Waals surface area contributed by atoms with Gasteiger partial charge in [-0.25, -0.2) is 0 Å². The lowest BCUT2D eigenvalue weighted by Crippen LogP contribution is -2.36. The molecule has 2 rings (SSSR count). The van der Waals surface area contributed by atoms with Gasteiger partial charge in [0.05, 0.1) is 12.1 Å². The van der Waals surface area contributed by atoms with Gasteiger partial charge in [0.25, 0.3) is 5.95 Å². The summed E-state index contributed by atoms with van der Waals surface area (Å²) in [6.07, 6.45) is 1.27. The number of aliphatic hydroxyl groups excluding tert-OH is 1. The zero-order valence-corrected chi connectivity index (χ0v) is 9.81. The lowest BCUT2D eigenvalue weighted by Gasteiger charge is -2.27. The zero-order valence-electron chi connectivity index (χ0n) is 8.91. The molecule has 16 heavy (non-hydrogen) atoms. The summed E-state index contributed by atoms with van der Waals surface area (Å²) >= 11 is 4.08. The van der Waals surface area contributed by atoms with Crippen LogP contribution in [-0.4, -0.2) is 40.2 Å². The molecule has 1 aliphatic heterocycles.